The van der Waals surface area contributed by atoms with E-state index < -0.39 is 11.9 Å². The SMILES string of the molecule is O=C(O)Nc1ccc(Oc2cccc(Br)c2)cc1F. The maximum Gasteiger partial charge on any atom is 0.409 e. The lowest BCUT2D eigenvalue weighted by molar-refractivity contribution is 0.209. The van der Waals surface area contributed by atoms with Crippen LogP contribution in [0.15, 0.2) is 46.9 Å². The van der Waals surface area contributed by atoms with E-state index in [0.29, 0.717) is 5.75 Å². The topological polar surface area (TPSA) is 58.6 Å². The standard InChI is InChI=1S/C13H9BrFNO3/c14-8-2-1-3-9(6-8)19-10-4-5-12(11(15)7-10)16-13(17)18/h1-7,16H,(H,17,18). The number of rotatable bonds is 3. The molecule has 0 spiro atoms. The molecule has 1 amide bonds. The zero-order valence-corrected chi connectivity index (χ0v) is 11.1. The highest BCUT2D eigenvalue weighted by Gasteiger charge is 2.07. The summed E-state index contributed by atoms with van der Waals surface area (Å²) in [4.78, 5) is 10.4. The molecule has 0 heterocycles. The number of nitrogens with one attached hydrogen (secondary N) is 1. The van der Waals surface area contributed by atoms with Crippen molar-refractivity contribution in [1.82, 2.24) is 0 Å². The molecule has 98 valence electrons. The molecule has 2 rings (SSSR count). The summed E-state index contributed by atoms with van der Waals surface area (Å²) in [5.41, 5.74) is -0.117. The Morgan fingerprint density at radius 3 is 2.58 bits per heavy atom. The van der Waals surface area contributed by atoms with Gasteiger partial charge in [-0.2, -0.15) is 0 Å². The van der Waals surface area contributed by atoms with Gasteiger partial charge < -0.3 is 9.84 Å². The fraction of sp³-hybridized carbons (Fsp3) is 0. The molecule has 0 unspecified atom stereocenters. The van der Waals surface area contributed by atoms with Crippen molar-refractivity contribution < 1.29 is 19.0 Å². The van der Waals surface area contributed by atoms with Crippen molar-refractivity contribution in [3.8, 4) is 11.5 Å². The van der Waals surface area contributed by atoms with Crippen LogP contribution in [0.5, 0.6) is 11.5 Å². The molecular weight excluding hydrogens is 317 g/mol. The number of carboxylic acid groups (broad SMARTS) is 1. The highest BCUT2D eigenvalue weighted by molar-refractivity contribution is 9.10. The molecule has 0 atom stereocenters. The van der Waals surface area contributed by atoms with Crippen molar-refractivity contribution in [2.75, 3.05) is 5.32 Å². The number of anilines is 1. The number of benzene rings is 2. The van der Waals surface area contributed by atoms with Gasteiger partial charge in [0.05, 0.1) is 5.69 Å². The molecule has 0 radical (unpaired) electrons. The van der Waals surface area contributed by atoms with Gasteiger partial charge in [0.2, 0.25) is 0 Å². The lowest BCUT2D eigenvalue weighted by Crippen LogP contribution is -2.08. The summed E-state index contributed by atoms with van der Waals surface area (Å²) >= 11 is 3.30. The third kappa shape index (κ3) is 3.69. The number of hydrogen-bond donors (Lipinski definition) is 2. The Hall–Kier alpha value is -2.08. The summed E-state index contributed by atoms with van der Waals surface area (Å²) in [5, 5.41) is 10.5. The molecule has 2 aromatic carbocycles. The van der Waals surface area contributed by atoms with Gasteiger partial charge in [0.15, 0.2) is 5.82 Å². The van der Waals surface area contributed by atoms with Gasteiger partial charge in [-0.15, -0.1) is 0 Å². The smallest absolute Gasteiger partial charge is 0.409 e. The van der Waals surface area contributed by atoms with Gasteiger partial charge >= 0.3 is 6.09 Å². The molecule has 2 aromatic rings. The van der Waals surface area contributed by atoms with E-state index in [1.54, 1.807) is 18.2 Å². The van der Waals surface area contributed by atoms with E-state index in [0.717, 1.165) is 10.5 Å². The maximum atomic E-state index is 13.6. The van der Waals surface area contributed by atoms with Crippen molar-refractivity contribution in [3.05, 3.63) is 52.8 Å². The Labute approximate surface area is 117 Å². The number of carbonyl (C=O) groups is 1. The minimum absolute atomic E-state index is 0.117. The van der Waals surface area contributed by atoms with Gasteiger partial charge in [0.1, 0.15) is 11.5 Å². The number of halogens is 2. The van der Waals surface area contributed by atoms with Crippen LogP contribution in [0, 0.1) is 5.82 Å². The summed E-state index contributed by atoms with van der Waals surface area (Å²) in [5.74, 6) is 0.133. The summed E-state index contributed by atoms with van der Waals surface area (Å²) in [7, 11) is 0. The molecule has 0 aromatic heterocycles. The Morgan fingerprint density at radius 1 is 1.21 bits per heavy atom. The van der Waals surface area contributed by atoms with Crippen LogP contribution < -0.4 is 10.1 Å². The Bertz CT molecular complexity index is 619. The van der Waals surface area contributed by atoms with Crippen molar-refractivity contribution in [2.24, 2.45) is 0 Å². The van der Waals surface area contributed by atoms with Crippen LogP contribution in [0.2, 0.25) is 0 Å². The molecule has 0 saturated carbocycles. The van der Waals surface area contributed by atoms with Gasteiger partial charge in [-0.05, 0) is 30.3 Å². The second-order valence-corrected chi connectivity index (χ2v) is 4.55. The zero-order chi connectivity index (χ0) is 13.8. The van der Waals surface area contributed by atoms with E-state index in [2.05, 4.69) is 15.9 Å². The second kappa shape index (κ2) is 5.71. The van der Waals surface area contributed by atoms with E-state index in [-0.39, 0.29) is 11.4 Å². The van der Waals surface area contributed by atoms with E-state index in [1.165, 1.54) is 12.1 Å². The third-order valence-electron chi connectivity index (χ3n) is 2.21. The monoisotopic (exact) mass is 325 g/mol. The van der Waals surface area contributed by atoms with Crippen LogP contribution in [0.3, 0.4) is 0 Å². The molecule has 0 fully saturated rings. The minimum Gasteiger partial charge on any atom is -0.465 e. The summed E-state index contributed by atoms with van der Waals surface area (Å²) in [6, 6.07) is 11.0. The van der Waals surface area contributed by atoms with Crippen LogP contribution in [-0.4, -0.2) is 11.2 Å². The average molecular weight is 326 g/mol. The highest BCUT2D eigenvalue weighted by atomic mass is 79.9. The third-order valence-corrected chi connectivity index (χ3v) is 2.71. The van der Waals surface area contributed by atoms with Crippen LogP contribution in [0.4, 0.5) is 14.9 Å². The van der Waals surface area contributed by atoms with Gasteiger partial charge in [0, 0.05) is 10.5 Å². The van der Waals surface area contributed by atoms with Gasteiger partial charge in [-0.25, -0.2) is 9.18 Å². The molecular formula is C13H9BrFNO3. The Morgan fingerprint density at radius 2 is 1.95 bits per heavy atom. The van der Waals surface area contributed by atoms with Crippen LogP contribution in [-0.2, 0) is 0 Å². The molecule has 0 aliphatic heterocycles. The van der Waals surface area contributed by atoms with Crippen molar-refractivity contribution in [1.29, 1.82) is 0 Å². The van der Waals surface area contributed by atoms with Crippen LogP contribution >= 0.6 is 15.9 Å². The van der Waals surface area contributed by atoms with E-state index in [1.807, 2.05) is 11.4 Å². The first-order chi connectivity index (χ1) is 9.04. The Kier molecular flexibility index (Phi) is 4.01. The first kappa shape index (κ1) is 13.4. The molecule has 2 N–H and O–H groups in total. The fourth-order valence-corrected chi connectivity index (χ4v) is 1.82. The van der Waals surface area contributed by atoms with Crippen LogP contribution in [0.1, 0.15) is 0 Å². The first-order valence-corrected chi connectivity index (χ1v) is 6.07. The summed E-state index contributed by atoms with van der Waals surface area (Å²) in [6.07, 6.45) is -1.32. The van der Waals surface area contributed by atoms with Crippen LogP contribution in [0.25, 0.3) is 0 Å². The quantitative estimate of drug-likeness (QED) is 0.875. The number of amides is 1. The molecule has 0 aliphatic carbocycles. The van der Waals surface area contributed by atoms with E-state index in [4.69, 9.17) is 9.84 Å². The van der Waals surface area contributed by atoms with E-state index in [9.17, 15) is 9.18 Å². The molecule has 0 bridgehead atoms. The van der Waals surface area contributed by atoms with Gasteiger partial charge in [-0.1, -0.05) is 22.0 Å². The van der Waals surface area contributed by atoms with Crippen molar-refractivity contribution in [3.63, 3.8) is 0 Å². The molecule has 0 saturated heterocycles. The molecule has 19 heavy (non-hydrogen) atoms. The zero-order valence-electron chi connectivity index (χ0n) is 9.56. The summed E-state index contributed by atoms with van der Waals surface area (Å²) in [6.45, 7) is 0. The largest absolute Gasteiger partial charge is 0.465 e. The normalized spacial score (nSPS) is 10.0. The maximum absolute atomic E-state index is 13.6. The minimum atomic E-state index is -1.32. The second-order valence-electron chi connectivity index (χ2n) is 3.63. The highest BCUT2D eigenvalue weighted by Crippen LogP contribution is 2.27. The number of hydrogen-bond acceptors (Lipinski definition) is 2. The first-order valence-electron chi connectivity index (χ1n) is 5.27. The summed E-state index contributed by atoms with van der Waals surface area (Å²) < 4.78 is 19.9. The predicted octanol–water partition coefficient (Wildman–Crippen LogP) is 4.47. The van der Waals surface area contributed by atoms with Gasteiger partial charge in [0.25, 0.3) is 0 Å². The lowest BCUT2D eigenvalue weighted by Gasteiger charge is -2.08. The Balaban J connectivity index is 2.18. The molecule has 6 heteroatoms. The lowest BCUT2D eigenvalue weighted by atomic mass is 10.3. The molecule has 4 nitrogen and oxygen atoms in total. The average Bonchev–Trinajstić information content (AvgIpc) is 2.32. The predicted molar refractivity (Wildman–Crippen MR) is 72.3 cm³/mol. The molecule has 0 aliphatic rings. The van der Waals surface area contributed by atoms with E-state index >= 15 is 0 Å². The number of ether oxygens (including phenoxy) is 1. The van der Waals surface area contributed by atoms with Crippen molar-refractivity contribution in [2.45, 2.75) is 0 Å². The fourth-order valence-electron chi connectivity index (χ4n) is 1.44. The van der Waals surface area contributed by atoms with Gasteiger partial charge in [-0.3, -0.25) is 5.32 Å². The van der Waals surface area contributed by atoms with Crippen molar-refractivity contribution >= 4 is 27.7 Å².